The zero-order chi connectivity index (χ0) is 14.3. The lowest BCUT2D eigenvalue weighted by atomic mass is 10.2. The summed E-state index contributed by atoms with van der Waals surface area (Å²) in [5.41, 5.74) is 1.26. The fourth-order valence-corrected chi connectivity index (χ4v) is 2.23. The quantitative estimate of drug-likeness (QED) is 0.691. The van der Waals surface area contributed by atoms with Crippen molar-refractivity contribution in [2.75, 3.05) is 13.1 Å². The molecule has 0 unspecified atom stereocenters. The topological polar surface area (TPSA) is 28.4 Å². The Morgan fingerprint density at radius 3 is 2.58 bits per heavy atom. The van der Waals surface area contributed by atoms with Gasteiger partial charge in [0.25, 0.3) is 0 Å². The molecule has 1 heterocycles. The summed E-state index contributed by atoms with van der Waals surface area (Å²) in [5.74, 6) is 2.18. The standard InChI is InChI=1S/C16H30N2O/c1-6-8-17-11-16-14(5)10-15(19-16)12-18(9-7-2)13(3)4/h10,13,17H,6-9,11-12H2,1-5H3. The number of aryl methyl sites for hydroxylation is 1. The molecule has 0 aliphatic rings. The van der Waals surface area contributed by atoms with Gasteiger partial charge in [0.05, 0.1) is 13.1 Å². The van der Waals surface area contributed by atoms with Crippen molar-refractivity contribution in [2.24, 2.45) is 0 Å². The van der Waals surface area contributed by atoms with Crippen molar-refractivity contribution in [3.05, 3.63) is 23.2 Å². The highest BCUT2D eigenvalue weighted by Crippen LogP contribution is 2.17. The number of furan rings is 1. The average molecular weight is 266 g/mol. The van der Waals surface area contributed by atoms with Crippen LogP contribution in [0.4, 0.5) is 0 Å². The molecule has 0 saturated heterocycles. The summed E-state index contributed by atoms with van der Waals surface area (Å²) < 4.78 is 5.98. The fourth-order valence-electron chi connectivity index (χ4n) is 2.23. The third-order valence-electron chi connectivity index (χ3n) is 3.38. The van der Waals surface area contributed by atoms with E-state index in [1.54, 1.807) is 0 Å². The van der Waals surface area contributed by atoms with Gasteiger partial charge >= 0.3 is 0 Å². The molecule has 0 aromatic carbocycles. The lowest BCUT2D eigenvalue weighted by molar-refractivity contribution is 0.195. The van der Waals surface area contributed by atoms with E-state index in [1.165, 1.54) is 12.0 Å². The van der Waals surface area contributed by atoms with E-state index >= 15 is 0 Å². The van der Waals surface area contributed by atoms with E-state index in [2.05, 4.69) is 50.9 Å². The molecule has 0 saturated carbocycles. The molecule has 1 rings (SSSR count). The minimum absolute atomic E-state index is 0.562. The summed E-state index contributed by atoms with van der Waals surface area (Å²) in [7, 11) is 0. The zero-order valence-corrected chi connectivity index (χ0v) is 13.3. The van der Waals surface area contributed by atoms with Crippen molar-refractivity contribution in [1.29, 1.82) is 0 Å². The van der Waals surface area contributed by atoms with Crippen molar-refractivity contribution < 1.29 is 4.42 Å². The molecule has 1 aromatic rings. The molecule has 19 heavy (non-hydrogen) atoms. The Morgan fingerprint density at radius 2 is 2.00 bits per heavy atom. The molecular formula is C16H30N2O. The number of nitrogens with zero attached hydrogens (tertiary/aromatic N) is 1. The predicted octanol–water partition coefficient (Wildman–Crippen LogP) is 3.71. The third kappa shape index (κ3) is 5.37. The van der Waals surface area contributed by atoms with Crippen LogP contribution in [0.25, 0.3) is 0 Å². The molecule has 0 bridgehead atoms. The lowest BCUT2D eigenvalue weighted by Gasteiger charge is -2.24. The van der Waals surface area contributed by atoms with Crippen LogP contribution in [0.3, 0.4) is 0 Å². The zero-order valence-electron chi connectivity index (χ0n) is 13.3. The Bertz CT molecular complexity index is 358. The number of rotatable bonds is 9. The first-order chi connectivity index (χ1) is 9.08. The Kier molecular flexibility index (Phi) is 7.17. The van der Waals surface area contributed by atoms with Gasteiger partial charge in [-0.2, -0.15) is 0 Å². The summed E-state index contributed by atoms with van der Waals surface area (Å²) in [6, 6.07) is 2.75. The van der Waals surface area contributed by atoms with Crippen LogP contribution in [-0.4, -0.2) is 24.0 Å². The fraction of sp³-hybridized carbons (Fsp3) is 0.750. The van der Waals surface area contributed by atoms with Crippen molar-refractivity contribution in [3.63, 3.8) is 0 Å². The molecule has 0 amide bonds. The highest BCUT2D eigenvalue weighted by atomic mass is 16.3. The Labute approximate surface area is 118 Å². The monoisotopic (exact) mass is 266 g/mol. The summed E-state index contributed by atoms with van der Waals surface area (Å²) in [5, 5.41) is 3.40. The van der Waals surface area contributed by atoms with Crippen molar-refractivity contribution in [1.82, 2.24) is 10.2 Å². The van der Waals surface area contributed by atoms with E-state index in [-0.39, 0.29) is 0 Å². The molecule has 0 fully saturated rings. The van der Waals surface area contributed by atoms with E-state index in [9.17, 15) is 0 Å². The Hall–Kier alpha value is -0.800. The first-order valence-electron chi connectivity index (χ1n) is 7.61. The van der Waals surface area contributed by atoms with Gasteiger partial charge in [0, 0.05) is 6.04 Å². The van der Waals surface area contributed by atoms with Crippen LogP contribution in [0.15, 0.2) is 10.5 Å². The van der Waals surface area contributed by atoms with E-state index in [4.69, 9.17) is 4.42 Å². The molecule has 3 heteroatoms. The van der Waals surface area contributed by atoms with Gasteiger partial charge in [-0.25, -0.2) is 0 Å². The smallest absolute Gasteiger partial charge is 0.120 e. The number of hydrogen-bond donors (Lipinski definition) is 1. The van der Waals surface area contributed by atoms with Gasteiger partial charge in [0.1, 0.15) is 11.5 Å². The van der Waals surface area contributed by atoms with E-state index < -0.39 is 0 Å². The Morgan fingerprint density at radius 1 is 1.26 bits per heavy atom. The highest BCUT2D eigenvalue weighted by Gasteiger charge is 2.13. The molecule has 0 spiro atoms. The lowest BCUT2D eigenvalue weighted by Crippen LogP contribution is -2.30. The first kappa shape index (κ1) is 16.3. The summed E-state index contributed by atoms with van der Waals surface area (Å²) in [4.78, 5) is 2.46. The van der Waals surface area contributed by atoms with Gasteiger partial charge in [-0.1, -0.05) is 13.8 Å². The molecule has 0 radical (unpaired) electrons. The summed E-state index contributed by atoms with van der Waals surface area (Å²) in [6.07, 6.45) is 2.34. The van der Waals surface area contributed by atoms with E-state index in [0.29, 0.717) is 6.04 Å². The van der Waals surface area contributed by atoms with Crippen molar-refractivity contribution in [3.8, 4) is 0 Å². The van der Waals surface area contributed by atoms with E-state index in [0.717, 1.165) is 44.1 Å². The molecule has 1 N–H and O–H groups in total. The molecular weight excluding hydrogens is 236 g/mol. The van der Waals surface area contributed by atoms with Crippen molar-refractivity contribution in [2.45, 2.75) is 66.6 Å². The molecule has 0 aliphatic heterocycles. The van der Waals surface area contributed by atoms with E-state index in [1.807, 2.05) is 0 Å². The normalized spacial score (nSPS) is 11.7. The minimum atomic E-state index is 0.562. The van der Waals surface area contributed by atoms with Crippen LogP contribution < -0.4 is 5.32 Å². The SMILES string of the molecule is CCCNCc1oc(CN(CCC)C(C)C)cc1C. The van der Waals surface area contributed by atoms with Gasteiger partial charge in [0.2, 0.25) is 0 Å². The van der Waals surface area contributed by atoms with Gasteiger partial charge in [0.15, 0.2) is 0 Å². The van der Waals surface area contributed by atoms with Crippen LogP contribution in [-0.2, 0) is 13.1 Å². The molecule has 0 atom stereocenters. The molecule has 1 aromatic heterocycles. The largest absolute Gasteiger partial charge is 0.463 e. The molecule has 3 nitrogen and oxygen atoms in total. The second-order valence-electron chi connectivity index (χ2n) is 5.56. The van der Waals surface area contributed by atoms with Gasteiger partial charge in [-0.15, -0.1) is 0 Å². The minimum Gasteiger partial charge on any atom is -0.463 e. The maximum absolute atomic E-state index is 5.98. The van der Waals surface area contributed by atoms with Crippen LogP contribution in [0.5, 0.6) is 0 Å². The first-order valence-corrected chi connectivity index (χ1v) is 7.61. The third-order valence-corrected chi connectivity index (χ3v) is 3.38. The number of hydrogen-bond acceptors (Lipinski definition) is 3. The number of nitrogens with one attached hydrogen (secondary N) is 1. The highest BCUT2D eigenvalue weighted by molar-refractivity contribution is 5.20. The van der Waals surface area contributed by atoms with Crippen LogP contribution in [0, 0.1) is 6.92 Å². The van der Waals surface area contributed by atoms with Crippen LogP contribution in [0.2, 0.25) is 0 Å². The maximum atomic E-state index is 5.98. The van der Waals surface area contributed by atoms with Crippen LogP contribution >= 0.6 is 0 Å². The second kappa shape index (κ2) is 8.39. The van der Waals surface area contributed by atoms with Gasteiger partial charge in [-0.05, 0) is 58.3 Å². The van der Waals surface area contributed by atoms with Gasteiger partial charge in [-0.3, -0.25) is 4.90 Å². The average Bonchev–Trinajstić information content (AvgIpc) is 2.70. The summed E-state index contributed by atoms with van der Waals surface area (Å²) in [6.45, 7) is 15.0. The van der Waals surface area contributed by atoms with Crippen molar-refractivity contribution >= 4 is 0 Å². The van der Waals surface area contributed by atoms with Crippen LogP contribution in [0.1, 0.15) is 57.6 Å². The second-order valence-corrected chi connectivity index (χ2v) is 5.56. The Balaban J connectivity index is 2.60. The summed E-state index contributed by atoms with van der Waals surface area (Å²) >= 11 is 0. The maximum Gasteiger partial charge on any atom is 0.120 e. The molecule has 0 aliphatic carbocycles. The van der Waals surface area contributed by atoms with Gasteiger partial charge < -0.3 is 9.73 Å². The molecule has 110 valence electrons. The predicted molar refractivity (Wildman–Crippen MR) is 81.3 cm³/mol.